The Morgan fingerprint density at radius 2 is 2.00 bits per heavy atom. The Morgan fingerprint density at radius 3 is 2.54 bits per heavy atom. The second-order valence-corrected chi connectivity index (χ2v) is 8.08. The van der Waals surface area contributed by atoms with E-state index in [9.17, 15) is 19.1 Å². The van der Waals surface area contributed by atoms with Gasteiger partial charge in [-0.15, -0.1) is 12.4 Å². The van der Waals surface area contributed by atoms with Crippen molar-refractivity contribution in [1.82, 2.24) is 4.57 Å². The smallest absolute Gasteiger partial charge is 0.341 e. The summed E-state index contributed by atoms with van der Waals surface area (Å²) in [7, 11) is 0. The summed E-state index contributed by atoms with van der Waals surface area (Å²) in [6, 6.07) is 0.983. The molecule has 1 spiro atoms. The van der Waals surface area contributed by atoms with E-state index in [0.717, 1.165) is 31.7 Å². The molecule has 1 saturated heterocycles. The van der Waals surface area contributed by atoms with Crippen LogP contribution in [0.3, 0.4) is 0 Å². The lowest BCUT2D eigenvalue weighted by molar-refractivity contribution is 0.0695. The molecule has 0 amide bonds. The SMILES string of the molecule is Cl.NC1CC12CCN(c1c(F)cc3c(=O)c(C(=O)O)cn(C4CC4)c3c1F)C2. The zero-order chi connectivity index (χ0) is 19.1. The standard InChI is InChI=1S/C19H19F2N3O3.ClH/c20-12-5-10-15(24(9-1-2-9)7-11(17(10)25)18(26)27)14(21)16(12)23-4-3-19(8-23)6-13(19)22;/h5,7,9,13H,1-4,6,8,22H2,(H,26,27);1H. The van der Waals surface area contributed by atoms with Crippen molar-refractivity contribution < 1.29 is 18.7 Å². The highest BCUT2D eigenvalue weighted by molar-refractivity contribution is 5.94. The summed E-state index contributed by atoms with van der Waals surface area (Å²) >= 11 is 0. The van der Waals surface area contributed by atoms with Gasteiger partial charge in [-0.05, 0) is 31.7 Å². The Bertz CT molecular complexity index is 1070. The van der Waals surface area contributed by atoms with Crippen molar-refractivity contribution in [2.75, 3.05) is 18.0 Å². The van der Waals surface area contributed by atoms with Crippen molar-refractivity contribution in [1.29, 1.82) is 0 Å². The molecule has 2 aliphatic carbocycles. The molecule has 2 aromatic rings. The maximum absolute atomic E-state index is 15.5. The number of carbonyl (C=O) groups is 1. The molecule has 0 bridgehead atoms. The molecule has 28 heavy (non-hydrogen) atoms. The molecule has 2 saturated carbocycles. The van der Waals surface area contributed by atoms with Crippen molar-refractivity contribution in [3.63, 3.8) is 0 Å². The Kier molecular flexibility index (Phi) is 4.21. The van der Waals surface area contributed by atoms with Crippen LogP contribution in [0.25, 0.3) is 10.9 Å². The number of carboxylic acids is 1. The molecule has 3 fully saturated rings. The van der Waals surface area contributed by atoms with Gasteiger partial charge >= 0.3 is 5.97 Å². The predicted molar refractivity (Wildman–Crippen MR) is 102 cm³/mol. The first kappa shape index (κ1) is 19.1. The van der Waals surface area contributed by atoms with E-state index in [1.807, 2.05) is 0 Å². The summed E-state index contributed by atoms with van der Waals surface area (Å²) in [6.07, 6.45) is 4.38. The second-order valence-electron chi connectivity index (χ2n) is 8.08. The molecule has 1 aromatic carbocycles. The van der Waals surface area contributed by atoms with E-state index in [4.69, 9.17) is 5.73 Å². The van der Waals surface area contributed by atoms with Gasteiger partial charge in [0, 0.05) is 36.8 Å². The number of fused-ring (bicyclic) bond motifs is 1. The fraction of sp³-hybridized carbons (Fsp3) is 0.474. The zero-order valence-corrected chi connectivity index (χ0v) is 15.8. The summed E-state index contributed by atoms with van der Waals surface area (Å²) in [4.78, 5) is 25.6. The van der Waals surface area contributed by atoms with Gasteiger partial charge in [0.2, 0.25) is 5.43 Å². The number of anilines is 1. The molecule has 3 aliphatic rings. The van der Waals surface area contributed by atoms with Crippen LogP contribution in [0.4, 0.5) is 14.5 Å². The van der Waals surface area contributed by atoms with E-state index in [0.29, 0.717) is 13.1 Å². The first-order valence-electron chi connectivity index (χ1n) is 9.13. The average Bonchev–Trinajstić information content (AvgIpc) is 3.49. The first-order chi connectivity index (χ1) is 12.8. The number of rotatable bonds is 3. The monoisotopic (exact) mass is 411 g/mol. The van der Waals surface area contributed by atoms with Gasteiger partial charge in [-0.2, -0.15) is 0 Å². The van der Waals surface area contributed by atoms with E-state index >= 15 is 4.39 Å². The molecular formula is C19H20ClF2N3O3. The molecule has 2 atom stereocenters. The van der Waals surface area contributed by atoms with Gasteiger partial charge in [0.25, 0.3) is 0 Å². The molecule has 2 unspecified atom stereocenters. The van der Waals surface area contributed by atoms with Crippen molar-refractivity contribution in [2.24, 2.45) is 11.1 Å². The topological polar surface area (TPSA) is 88.6 Å². The Balaban J connectivity index is 0.00000192. The van der Waals surface area contributed by atoms with E-state index in [2.05, 4.69) is 0 Å². The van der Waals surface area contributed by atoms with E-state index < -0.39 is 28.6 Å². The number of nitrogens with two attached hydrogens (primary N) is 1. The summed E-state index contributed by atoms with van der Waals surface area (Å²) in [5.41, 5.74) is 4.45. The minimum Gasteiger partial charge on any atom is -0.477 e. The molecular weight excluding hydrogens is 392 g/mol. The number of carboxylic acid groups (broad SMARTS) is 1. The van der Waals surface area contributed by atoms with E-state index in [1.165, 1.54) is 10.8 Å². The predicted octanol–water partition coefficient (Wildman–Crippen LogP) is 2.66. The number of hydrogen-bond donors (Lipinski definition) is 2. The molecule has 150 valence electrons. The van der Waals surface area contributed by atoms with Crippen LogP contribution in [0.1, 0.15) is 42.1 Å². The van der Waals surface area contributed by atoms with Crippen LogP contribution in [0.5, 0.6) is 0 Å². The number of hydrogen-bond acceptors (Lipinski definition) is 4. The third-order valence-electron chi connectivity index (χ3n) is 6.31. The van der Waals surface area contributed by atoms with Crippen LogP contribution >= 0.6 is 12.4 Å². The normalized spacial score (nSPS) is 26.0. The first-order valence-corrected chi connectivity index (χ1v) is 9.13. The number of aromatic nitrogens is 1. The maximum atomic E-state index is 15.5. The lowest BCUT2D eigenvalue weighted by atomic mass is 10.1. The zero-order valence-electron chi connectivity index (χ0n) is 15.0. The molecule has 2 heterocycles. The summed E-state index contributed by atoms with van der Waals surface area (Å²) in [5, 5.41) is 9.06. The molecule has 3 N–H and O–H groups in total. The number of halogens is 3. The van der Waals surface area contributed by atoms with Gasteiger partial charge in [0.1, 0.15) is 17.1 Å². The third-order valence-corrected chi connectivity index (χ3v) is 6.31. The number of benzene rings is 1. The van der Waals surface area contributed by atoms with Crippen LogP contribution in [0.2, 0.25) is 0 Å². The van der Waals surface area contributed by atoms with E-state index in [-0.39, 0.29) is 46.5 Å². The van der Waals surface area contributed by atoms with Crippen molar-refractivity contribution in [3.8, 4) is 0 Å². The minimum absolute atomic E-state index is 0. The second kappa shape index (κ2) is 6.15. The van der Waals surface area contributed by atoms with Gasteiger partial charge in [0.15, 0.2) is 5.82 Å². The number of aromatic carboxylic acids is 1. The quantitative estimate of drug-likeness (QED) is 0.810. The summed E-state index contributed by atoms with van der Waals surface area (Å²) in [5.74, 6) is -3.03. The van der Waals surface area contributed by atoms with Crippen LogP contribution in [-0.4, -0.2) is 34.8 Å². The third kappa shape index (κ3) is 2.62. The molecule has 1 aliphatic heterocycles. The van der Waals surface area contributed by atoms with Crippen LogP contribution < -0.4 is 16.1 Å². The van der Waals surface area contributed by atoms with Crippen LogP contribution in [0.15, 0.2) is 17.1 Å². The highest BCUT2D eigenvalue weighted by atomic mass is 35.5. The van der Waals surface area contributed by atoms with Crippen molar-refractivity contribution >= 4 is 35.0 Å². The summed E-state index contributed by atoms with van der Waals surface area (Å²) < 4.78 is 31.8. The Labute approximate surface area is 165 Å². The fourth-order valence-electron chi connectivity index (χ4n) is 4.45. The van der Waals surface area contributed by atoms with Gasteiger partial charge in [-0.25, -0.2) is 13.6 Å². The molecule has 6 nitrogen and oxygen atoms in total. The van der Waals surface area contributed by atoms with Gasteiger partial charge in [0.05, 0.1) is 10.9 Å². The highest BCUT2D eigenvalue weighted by Crippen LogP contribution is 2.53. The molecule has 9 heteroatoms. The number of nitrogens with zero attached hydrogens (tertiary/aromatic N) is 2. The average molecular weight is 412 g/mol. The lowest BCUT2D eigenvalue weighted by Gasteiger charge is -2.22. The van der Waals surface area contributed by atoms with E-state index in [1.54, 1.807) is 4.90 Å². The molecule has 5 rings (SSSR count). The van der Waals surface area contributed by atoms with Crippen LogP contribution in [-0.2, 0) is 0 Å². The lowest BCUT2D eigenvalue weighted by Crippen LogP contribution is -2.26. The number of pyridine rings is 1. The maximum Gasteiger partial charge on any atom is 0.341 e. The highest BCUT2D eigenvalue weighted by Gasteiger charge is 2.56. The van der Waals surface area contributed by atoms with Gasteiger partial charge in [-0.3, -0.25) is 4.79 Å². The Hall–Kier alpha value is -2.19. The van der Waals surface area contributed by atoms with Gasteiger partial charge in [-0.1, -0.05) is 0 Å². The molecule has 1 aromatic heterocycles. The minimum atomic E-state index is -1.40. The molecule has 0 radical (unpaired) electrons. The van der Waals surface area contributed by atoms with Crippen LogP contribution in [0, 0.1) is 17.0 Å². The fourth-order valence-corrected chi connectivity index (χ4v) is 4.45. The Morgan fingerprint density at radius 1 is 1.32 bits per heavy atom. The largest absolute Gasteiger partial charge is 0.477 e. The summed E-state index contributed by atoms with van der Waals surface area (Å²) in [6.45, 7) is 1.00. The van der Waals surface area contributed by atoms with Crippen molar-refractivity contribution in [3.05, 3.63) is 39.7 Å². The van der Waals surface area contributed by atoms with Gasteiger partial charge < -0.3 is 20.3 Å². The van der Waals surface area contributed by atoms with Crippen molar-refractivity contribution in [2.45, 2.75) is 37.8 Å².